The Bertz CT molecular complexity index is 380. The average molecular weight is 235 g/mol. The number of aliphatic carboxylic acids is 1. The number of hydrogen-bond donors (Lipinski definition) is 2. The van der Waals surface area contributed by atoms with Gasteiger partial charge < -0.3 is 10.8 Å². The second-order valence-corrected chi connectivity index (χ2v) is 3.84. The number of hydrogen-bond acceptors (Lipinski definition) is 3. The fourth-order valence-corrected chi connectivity index (χ4v) is 1.47. The number of carboxylic acid groups (broad SMARTS) is 1. The maximum atomic E-state index is 10.8. The van der Waals surface area contributed by atoms with Gasteiger partial charge in [-0.15, -0.1) is 0 Å². The molecule has 1 rings (SSSR count). The molecule has 0 unspecified atom stereocenters. The van der Waals surface area contributed by atoms with Crippen LogP contribution >= 0.6 is 23.2 Å². The Labute approximate surface area is 90.6 Å². The summed E-state index contributed by atoms with van der Waals surface area (Å²) in [6, 6.07) is 1.40. The summed E-state index contributed by atoms with van der Waals surface area (Å²) in [6.07, 6.45) is 1.30. The van der Waals surface area contributed by atoms with E-state index in [1.807, 2.05) is 0 Å². The van der Waals surface area contributed by atoms with Crippen molar-refractivity contribution >= 4 is 29.2 Å². The monoisotopic (exact) mass is 234 g/mol. The third-order valence-corrected chi connectivity index (χ3v) is 2.24. The van der Waals surface area contributed by atoms with Gasteiger partial charge in [-0.1, -0.05) is 23.2 Å². The zero-order valence-corrected chi connectivity index (χ0v) is 8.80. The SMILES string of the molecule is C[C@](N)(C(=O)O)c1ncc(Cl)cc1Cl. The number of carboxylic acids is 1. The predicted octanol–water partition coefficient (Wildman–Crippen LogP) is 1.65. The van der Waals surface area contributed by atoms with Crippen LogP contribution in [0.1, 0.15) is 12.6 Å². The van der Waals surface area contributed by atoms with Crippen LogP contribution in [0.25, 0.3) is 0 Å². The van der Waals surface area contributed by atoms with Crippen molar-refractivity contribution in [1.82, 2.24) is 4.98 Å². The predicted molar refractivity (Wildman–Crippen MR) is 53.4 cm³/mol. The topological polar surface area (TPSA) is 76.2 Å². The zero-order valence-electron chi connectivity index (χ0n) is 7.29. The summed E-state index contributed by atoms with van der Waals surface area (Å²) in [4.78, 5) is 14.6. The third-order valence-electron chi connectivity index (χ3n) is 1.74. The number of nitrogens with two attached hydrogens (primary N) is 1. The Hall–Kier alpha value is -0.840. The van der Waals surface area contributed by atoms with Crippen LogP contribution in [-0.2, 0) is 10.3 Å². The van der Waals surface area contributed by atoms with E-state index in [9.17, 15) is 4.79 Å². The van der Waals surface area contributed by atoms with Gasteiger partial charge in [0.25, 0.3) is 0 Å². The molecular formula is C8H8Cl2N2O2. The summed E-state index contributed by atoms with van der Waals surface area (Å²) < 4.78 is 0. The van der Waals surface area contributed by atoms with Gasteiger partial charge in [0.15, 0.2) is 5.54 Å². The standard InChI is InChI=1S/C8H8Cl2N2O2/c1-8(11,7(13)14)6-5(10)2-4(9)3-12-6/h2-3H,11H2,1H3,(H,13,14)/t8-/m1/s1. The summed E-state index contributed by atoms with van der Waals surface area (Å²) >= 11 is 11.4. The largest absolute Gasteiger partial charge is 0.480 e. The Morgan fingerprint density at radius 3 is 2.64 bits per heavy atom. The molecule has 1 aromatic heterocycles. The smallest absolute Gasteiger partial charge is 0.329 e. The molecule has 6 heteroatoms. The van der Waals surface area contributed by atoms with E-state index in [0.29, 0.717) is 5.02 Å². The molecule has 0 saturated heterocycles. The molecule has 14 heavy (non-hydrogen) atoms. The minimum atomic E-state index is -1.61. The molecule has 0 radical (unpaired) electrons. The van der Waals surface area contributed by atoms with Crippen LogP contribution in [0.5, 0.6) is 0 Å². The van der Waals surface area contributed by atoms with Crippen molar-refractivity contribution in [2.75, 3.05) is 0 Å². The molecule has 76 valence electrons. The lowest BCUT2D eigenvalue weighted by atomic mass is 9.99. The van der Waals surface area contributed by atoms with Crippen molar-refractivity contribution in [3.05, 3.63) is 28.0 Å². The highest BCUT2D eigenvalue weighted by molar-refractivity contribution is 6.35. The quantitative estimate of drug-likeness (QED) is 0.816. The third kappa shape index (κ3) is 1.97. The summed E-state index contributed by atoms with van der Waals surface area (Å²) in [6.45, 7) is 1.32. The Morgan fingerprint density at radius 1 is 1.64 bits per heavy atom. The van der Waals surface area contributed by atoms with E-state index in [4.69, 9.17) is 34.0 Å². The summed E-state index contributed by atoms with van der Waals surface area (Å²) in [7, 11) is 0. The molecule has 0 bridgehead atoms. The van der Waals surface area contributed by atoms with E-state index >= 15 is 0 Å². The van der Waals surface area contributed by atoms with Crippen LogP contribution in [0.15, 0.2) is 12.3 Å². The summed E-state index contributed by atoms with van der Waals surface area (Å²) in [5, 5.41) is 9.31. The molecule has 1 atom stereocenters. The molecule has 0 spiro atoms. The van der Waals surface area contributed by atoms with Gasteiger partial charge in [-0.2, -0.15) is 0 Å². The Balaban J connectivity index is 3.26. The van der Waals surface area contributed by atoms with Crippen LogP contribution in [-0.4, -0.2) is 16.1 Å². The first-order valence-electron chi connectivity index (χ1n) is 3.69. The molecule has 1 heterocycles. The van der Waals surface area contributed by atoms with Crippen molar-refractivity contribution in [3.63, 3.8) is 0 Å². The first kappa shape index (κ1) is 11.2. The summed E-state index contributed by atoms with van der Waals surface area (Å²) in [5.74, 6) is -1.20. The van der Waals surface area contributed by atoms with Gasteiger partial charge in [0.1, 0.15) is 0 Å². The van der Waals surface area contributed by atoms with Gasteiger partial charge in [-0.3, -0.25) is 4.98 Å². The maximum Gasteiger partial charge on any atom is 0.329 e. The van der Waals surface area contributed by atoms with Gasteiger partial charge >= 0.3 is 5.97 Å². The van der Waals surface area contributed by atoms with E-state index in [-0.39, 0.29) is 10.7 Å². The zero-order chi connectivity index (χ0) is 10.9. The van der Waals surface area contributed by atoms with Crippen LogP contribution in [0.3, 0.4) is 0 Å². The Morgan fingerprint density at radius 2 is 2.21 bits per heavy atom. The van der Waals surface area contributed by atoms with Gasteiger partial charge in [-0.25, -0.2) is 4.79 Å². The molecule has 4 nitrogen and oxygen atoms in total. The number of carbonyl (C=O) groups is 1. The molecular weight excluding hydrogens is 227 g/mol. The highest BCUT2D eigenvalue weighted by atomic mass is 35.5. The van der Waals surface area contributed by atoms with Gasteiger partial charge in [-0.05, 0) is 13.0 Å². The minimum absolute atomic E-state index is 0.0936. The number of halogens is 2. The van der Waals surface area contributed by atoms with E-state index in [0.717, 1.165) is 0 Å². The van der Waals surface area contributed by atoms with Crippen LogP contribution in [0.4, 0.5) is 0 Å². The van der Waals surface area contributed by atoms with E-state index in [2.05, 4.69) is 4.98 Å². The fourth-order valence-electron chi connectivity index (χ4n) is 0.898. The molecule has 0 fully saturated rings. The van der Waals surface area contributed by atoms with Crippen molar-refractivity contribution < 1.29 is 9.90 Å². The normalized spacial score (nSPS) is 14.9. The second-order valence-electron chi connectivity index (χ2n) is 2.99. The highest BCUT2D eigenvalue weighted by Crippen LogP contribution is 2.26. The number of nitrogens with zero attached hydrogens (tertiary/aromatic N) is 1. The molecule has 0 aliphatic rings. The molecule has 0 saturated carbocycles. The average Bonchev–Trinajstić information content (AvgIpc) is 2.02. The van der Waals surface area contributed by atoms with Gasteiger partial charge in [0, 0.05) is 6.20 Å². The molecule has 1 aromatic rings. The maximum absolute atomic E-state index is 10.8. The van der Waals surface area contributed by atoms with E-state index < -0.39 is 11.5 Å². The van der Waals surface area contributed by atoms with Gasteiger partial charge in [0.05, 0.1) is 15.7 Å². The fraction of sp³-hybridized carbons (Fsp3) is 0.250. The second kappa shape index (κ2) is 3.73. The molecule has 0 amide bonds. The van der Waals surface area contributed by atoms with Crippen LogP contribution in [0.2, 0.25) is 10.0 Å². The lowest BCUT2D eigenvalue weighted by Crippen LogP contribution is -2.42. The molecule has 0 aliphatic heterocycles. The minimum Gasteiger partial charge on any atom is -0.480 e. The number of aromatic nitrogens is 1. The van der Waals surface area contributed by atoms with Crippen molar-refractivity contribution in [3.8, 4) is 0 Å². The van der Waals surface area contributed by atoms with Gasteiger partial charge in [0.2, 0.25) is 0 Å². The highest BCUT2D eigenvalue weighted by Gasteiger charge is 2.33. The molecule has 0 aromatic carbocycles. The first-order valence-corrected chi connectivity index (χ1v) is 4.45. The van der Waals surface area contributed by atoms with E-state index in [1.165, 1.54) is 19.2 Å². The van der Waals surface area contributed by atoms with Crippen LogP contribution in [0, 0.1) is 0 Å². The first-order chi connectivity index (χ1) is 6.35. The van der Waals surface area contributed by atoms with Crippen molar-refractivity contribution in [2.45, 2.75) is 12.5 Å². The van der Waals surface area contributed by atoms with E-state index in [1.54, 1.807) is 0 Å². The lowest BCUT2D eigenvalue weighted by molar-refractivity contribution is -0.143. The summed E-state index contributed by atoms with van der Waals surface area (Å²) in [5.41, 5.74) is 4.03. The van der Waals surface area contributed by atoms with Crippen LogP contribution < -0.4 is 5.73 Å². The number of rotatable bonds is 2. The van der Waals surface area contributed by atoms with Crippen molar-refractivity contribution in [1.29, 1.82) is 0 Å². The molecule has 0 aliphatic carbocycles. The van der Waals surface area contributed by atoms with Crippen molar-refractivity contribution in [2.24, 2.45) is 5.73 Å². The number of pyridine rings is 1. The Kier molecular flexibility index (Phi) is 2.99. The lowest BCUT2D eigenvalue weighted by Gasteiger charge is -2.19. The molecule has 3 N–H and O–H groups in total.